The van der Waals surface area contributed by atoms with Gasteiger partial charge in [-0.1, -0.05) is 23.2 Å². The van der Waals surface area contributed by atoms with Crippen LogP contribution in [0.5, 0.6) is 0 Å². The second-order valence-corrected chi connectivity index (χ2v) is 4.27. The number of hydrogen-bond donors (Lipinski definition) is 3. The molecule has 0 saturated heterocycles. The Hall–Kier alpha value is -0.970. The highest BCUT2D eigenvalue weighted by atomic mass is 35.5. The molecule has 0 aliphatic heterocycles. The summed E-state index contributed by atoms with van der Waals surface area (Å²) in [4.78, 5) is 11.4. The first kappa shape index (κ1) is 13.1. The molecule has 0 radical (unpaired) electrons. The Morgan fingerprint density at radius 2 is 1.94 bits per heavy atom. The number of amides is 2. The first-order chi connectivity index (χ1) is 7.51. The second kappa shape index (κ2) is 5.94. The third kappa shape index (κ3) is 4.26. The van der Waals surface area contributed by atoms with Crippen molar-refractivity contribution < 1.29 is 4.79 Å². The molecule has 16 heavy (non-hydrogen) atoms. The van der Waals surface area contributed by atoms with Gasteiger partial charge >= 0.3 is 6.03 Å². The number of anilines is 1. The lowest BCUT2D eigenvalue weighted by Gasteiger charge is -2.12. The Bertz CT molecular complexity index is 364. The smallest absolute Gasteiger partial charge is 0.319 e. The summed E-state index contributed by atoms with van der Waals surface area (Å²) < 4.78 is 0. The largest absolute Gasteiger partial charge is 0.334 e. The number of nitrogens with one attached hydrogen (secondary N) is 2. The third-order valence-corrected chi connectivity index (χ3v) is 2.29. The summed E-state index contributed by atoms with van der Waals surface area (Å²) in [5.41, 5.74) is 5.92. The first-order valence-electron chi connectivity index (χ1n) is 4.75. The van der Waals surface area contributed by atoms with Gasteiger partial charge in [-0.3, -0.25) is 0 Å². The molecule has 1 unspecified atom stereocenters. The van der Waals surface area contributed by atoms with E-state index in [9.17, 15) is 4.79 Å². The Labute approximate surface area is 104 Å². The average molecular weight is 262 g/mol. The van der Waals surface area contributed by atoms with Crippen molar-refractivity contribution in [2.75, 3.05) is 11.9 Å². The Kier molecular flexibility index (Phi) is 4.86. The molecule has 0 saturated carbocycles. The SMILES string of the molecule is CC(CN)NC(=O)Nc1cc(Cl)cc(Cl)c1. The lowest BCUT2D eigenvalue weighted by Crippen LogP contribution is -2.40. The standard InChI is InChI=1S/C10H13Cl2N3O/c1-6(5-13)14-10(16)15-9-3-7(11)2-8(12)4-9/h2-4,6H,5,13H2,1H3,(H2,14,15,16). The molecule has 88 valence electrons. The number of benzene rings is 1. The summed E-state index contributed by atoms with van der Waals surface area (Å²) >= 11 is 11.6. The molecule has 1 aromatic carbocycles. The highest BCUT2D eigenvalue weighted by molar-refractivity contribution is 6.35. The van der Waals surface area contributed by atoms with E-state index >= 15 is 0 Å². The van der Waals surface area contributed by atoms with Crippen molar-refractivity contribution in [3.63, 3.8) is 0 Å². The van der Waals surface area contributed by atoms with Crippen LogP contribution in [0.25, 0.3) is 0 Å². The van der Waals surface area contributed by atoms with Crippen molar-refractivity contribution in [1.29, 1.82) is 0 Å². The number of carbonyl (C=O) groups is 1. The zero-order chi connectivity index (χ0) is 12.1. The zero-order valence-corrected chi connectivity index (χ0v) is 10.3. The minimum Gasteiger partial charge on any atom is -0.334 e. The Morgan fingerprint density at radius 1 is 1.38 bits per heavy atom. The molecule has 0 bridgehead atoms. The van der Waals surface area contributed by atoms with Crippen LogP contribution in [0.15, 0.2) is 18.2 Å². The van der Waals surface area contributed by atoms with Gasteiger partial charge in [-0.25, -0.2) is 4.79 Å². The molecule has 1 atom stereocenters. The normalized spacial score (nSPS) is 12.0. The first-order valence-corrected chi connectivity index (χ1v) is 5.50. The fraction of sp³-hybridized carbons (Fsp3) is 0.300. The molecular formula is C10H13Cl2N3O. The van der Waals surface area contributed by atoms with Gasteiger partial charge in [-0.2, -0.15) is 0 Å². The van der Waals surface area contributed by atoms with Crippen molar-refractivity contribution in [3.05, 3.63) is 28.2 Å². The molecule has 4 nitrogen and oxygen atoms in total. The number of urea groups is 1. The zero-order valence-electron chi connectivity index (χ0n) is 8.76. The predicted molar refractivity (Wildman–Crippen MR) is 67.1 cm³/mol. The van der Waals surface area contributed by atoms with E-state index in [4.69, 9.17) is 28.9 Å². The van der Waals surface area contributed by atoms with E-state index in [-0.39, 0.29) is 12.1 Å². The van der Waals surface area contributed by atoms with Crippen molar-refractivity contribution in [3.8, 4) is 0 Å². The Morgan fingerprint density at radius 3 is 2.44 bits per heavy atom. The highest BCUT2D eigenvalue weighted by Crippen LogP contribution is 2.22. The van der Waals surface area contributed by atoms with Crippen LogP contribution < -0.4 is 16.4 Å². The molecule has 0 aromatic heterocycles. The van der Waals surface area contributed by atoms with Gasteiger partial charge in [0.05, 0.1) is 0 Å². The van der Waals surface area contributed by atoms with Gasteiger partial charge in [-0.05, 0) is 25.1 Å². The third-order valence-electron chi connectivity index (χ3n) is 1.85. The molecule has 0 fully saturated rings. The molecule has 1 rings (SSSR count). The number of hydrogen-bond acceptors (Lipinski definition) is 2. The van der Waals surface area contributed by atoms with Gasteiger partial charge in [0.2, 0.25) is 0 Å². The van der Waals surface area contributed by atoms with Gasteiger partial charge in [0.25, 0.3) is 0 Å². The maximum absolute atomic E-state index is 11.4. The quantitative estimate of drug-likeness (QED) is 0.783. The number of rotatable bonds is 3. The lowest BCUT2D eigenvalue weighted by molar-refractivity contribution is 0.249. The van der Waals surface area contributed by atoms with Gasteiger partial charge in [0.15, 0.2) is 0 Å². The maximum Gasteiger partial charge on any atom is 0.319 e. The van der Waals surface area contributed by atoms with Crippen molar-refractivity contribution >= 4 is 34.9 Å². The minimum absolute atomic E-state index is 0.0883. The molecule has 2 amide bonds. The molecular weight excluding hydrogens is 249 g/mol. The molecule has 0 heterocycles. The van der Waals surface area contributed by atoms with Crippen LogP contribution in [0, 0.1) is 0 Å². The highest BCUT2D eigenvalue weighted by Gasteiger charge is 2.06. The molecule has 0 aliphatic carbocycles. The van der Waals surface area contributed by atoms with Crippen LogP contribution in [0.1, 0.15) is 6.92 Å². The number of carbonyl (C=O) groups excluding carboxylic acids is 1. The average Bonchev–Trinajstić information content (AvgIpc) is 2.15. The van der Waals surface area contributed by atoms with Crippen molar-refractivity contribution in [2.45, 2.75) is 13.0 Å². The van der Waals surface area contributed by atoms with Crippen molar-refractivity contribution in [2.24, 2.45) is 5.73 Å². The molecule has 4 N–H and O–H groups in total. The molecule has 0 aliphatic rings. The van der Waals surface area contributed by atoms with E-state index in [1.807, 2.05) is 6.92 Å². The summed E-state index contributed by atoms with van der Waals surface area (Å²) in [5, 5.41) is 6.20. The van der Waals surface area contributed by atoms with E-state index in [0.29, 0.717) is 22.3 Å². The molecule has 1 aromatic rings. The maximum atomic E-state index is 11.4. The molecule has 6 heteroatoms. The summed E-state index contributed by atoms with van der Waals surface area (Å²) in [7, 11) is 0. The van der Waals surface area contributed by atoms with Gasteiger partial charge in [0, 0.05) is 28.3 Å². The van der Waals surface area contributed by atoms with Crippen LogP contribution in [-0.4, -0.2) is 18.6 Å². The van der Waals surface area contributed by atoms with Gasteiger partial charge in [-0.15, -0.1) is 0 Å². The number of nitrogens with two attached hydrogens (primary N) is 1. The van der Waals surface area contributed by atoms with Crippen LogP contribution in [0.3, 0.4) is 0 Å². The van der Waals surface area contributed by atoms with Crippen LogP contribution >= 0.6 is 23.2 Å². The van der Waals surface area contributed by atoms with E-state index in [1.165, 1.54) is 0 Å². The lowest BCUT2D eigenvalue weighted by atomic mass is 10.3. The van der Waals surface area contributed by atoms with Crippen LogP contribution in [0.4, 0.5) is 10.5 Å². The minimum atomic E-state index is -0.337. The summed E-state index contributed by atoms with van der Waals surface area (Å²) in [6.45, 7) is 2.19. The van der Waals surface area contributed by atoms with Gasteiger partial charge < -0.3 is 16.4 Å². The Balaban J connectivity index is 2.62. The fourth-order valence-electron chi connectivity index (χ4n) is 1.08. The van der Waals surface area contributed by atoms with E-state index in [0.717, 1.165) is 0 Å². The van der Waals surface area contributed by atoms with E-state index in [1.54, 1.807) is 18.2 Å². The van der Waals surface area contributed by atoms with Crippen LogP contribution in [0.2, 0.25) is 10.0 Å². The topological polar surface area (TPSA) is 67.1 Å². The number of halogens is 2. The van der Waals surface area contributed by atoms with Crippen LogP contribution in [-0.2, 0) is 0 Å². The second-order valence-electron chi connectivity index (χ2n) is 3.39. The van der Waals surface area contributed by atoms with Crippen molar-refractivity contribution in [1.82, 2.24) is 5.32 Å². The monoisotopic (exact) mass is 261 g/mol. The van der Waals surface area contributed by atoms with E-state index in [2.05, 4.69) is 10.6 Å². The van der Waals surface area contributed by atoms with Gasteiger partial charge in [0.1, 0.15) is 0 Å². The summed E-state index contributed by atoms with van der Waals surface area (Å²) in [6.07, 6.45) is 0. The predicted octanol–water partition coefficient (Wildman–Crippen LogP) is 2.46. The van der Waals surface area contributed by atoms with E-state index < -0.39 is 0 Å². The summed E-state index contributed by atoms with van der Waals surface area (Å²) in [5.74, 6) is 0. The summed E-state index contributed by atoms with van der Waals surface area (Å²) in [6, 6.07) is 4.39. The molecule has 0 spiro atoms. The fourth-order valence-corrected chi connectivity index (χ4v) is 1.60.